The van der Waals surface area contributed by atoms with Crippen molar-refractivity contribution in [2.75, 3.05) is 13.3 Å². The van der Waals surface area contributed by atoms with E-state index < -0.39 is 17.9 Å². The summed E-state index contributed by atoms with van der Waals surface area (Å²) in [5, 5.41) is 10.6. The van der Waals surface area contributed by atoms with Gasteiger partial charge >= 0.3 is 5.97 Å². The number of phenolic OH excluding ortho intramolecular Hbond substituents is 1. The summed E-state index contributed by atoms with van der Waals surface area (Å²) in [6.07, 6.45) is 10.5. The lowest BCUT2D eigenvalue weighted by atomic mass is 9.52. The highest BCUT2D eigenvalue weighted by Gasteiger charge is 2.67. The molecule has 34 heavy (non-hydrogen) atoms. The van der Waals surface area contributed by atoms with Crippen LogP contribution in [0.25, 0.3) is 0 Å². The molecule has 1 spiro atoms. The summed E-state index contributed by atoms with van der Waals surface area (Å²) in [5.74, 6) is 1.34. The second-order valence-electron chi connectivity index (χ2n) is 12.5. The molecule has 1 aromatic carbocycles. The molecule has 5 atom stereocenters. The molecule has 1 heterocycles. The van der Waals surface area contributed by atoms with Gasteiger partial charge in [-0.15, -0.1) is 0 Å². The largest absolute Gasteiger partial charge is 0.504 e. The normalized spacial score (nSPS) is 33.6. The third-order valence-electron chi connectivity index (χ3n) is 8.96. The van der Waals surface area contributed by atoms with Gasteiger partial charge < -0.3 is 19.1 Å². The zero-order valence-corrected chi connectivity index (χ0v) is 22.3. The Morgan fingerprint density at radius 1 is 1.29 bits per heavy atom. The first-order chi connectivity index (χ1) is 15.8. The van der Waals surface area contributed by atoms with E-state index in [0.717, 1.165) is 36.8 Å². The van der Waals surface area contributed by atoms with Crippen LogP contribution in [0.1, 0.15) is 76.5 Å². The van der Waals surface area contributed by atoms with Gasteiger partial charge in [0.15, 0.2) is 11.5 Å². The van der Waals surface area contributed by atoms with Gasteiger partial charge in [0.2, 0.25) is 0 Å². The van der Waals surface area contributed by atoms with Crippen LogP contribution in [0.15, 0.2) is 18.2 Å². The molecular weight excluding hydrogens is 447 g/mol. The van der Waals surface area contributed by atoms with Crippen molar-refractivity contribution in [3.63, 3.8) is 0 Å². The second kappa shape index (κ2) is 7.63. The van der Waals surface area contributed by atoms with Crippen molar-refractivity contribution in [3.8, 4) is 11.5 Å². The van der Waals surface area contributed by atoms with E-state index in [9.17, 15) is 14.5 Å². The molecule has 1 fully saturated rings. The van der Waals surface area contributed by atoms with Gasteiger partial charge in [0, 0.05) is 17.4 Å². The lowest BCUT2D eigenvalue weighted by molar-refractivity contribution is -0.154. The van der Waals surface area contributed by atoms with E-state index in [-0.39, 0.29) is 29.7 Å². The van der Waals surface area contributed by atoms with Crippen molar-refractivity contribution in [2.45, 2.75) is 94.9 Å². The summed E-state index contributed by atoms with van der Waals surface area (Å²) in [5.41, 5.74) is 2.64. The van der Waals surface area contributed by atoms with Crippen molar-refractivity contribution in [1.29, 1.82) is 0 Å². The molecule has 4 aliphatic rings. The first-order valence-corrected chi connectivity index (χ1v) is 15.4. The van der Waals surface area contributed by atoms with Crippen LogP contribution in [-0.2, 0) is 32.4 Å². The number of allylic oxidation sites excluding steroid dienone is 1. The smallest absolute Gasteiger partial charge is 0.306 e. The molecule has 6 heteroatoms. The Morgan fingerprint density at radius 3 is 2.71 bits per heavy atom. The number of hydrogen-bond acceptors (Lipinski definition) is 5. The maximum atomic E-state index is 13.6. The van der Waals surface area contributed by atoms with Gasteiger partial charge in [-0.05, 0) is 95.7 Å². The molecule has 3 aliphatic carbocycles. The number of hydrogen-bond donors (Lipinski definition) is 1. The number of rotatable bonds is 4. The minimum atomic E-state index is -2.56. The average Bonchev–Trinajstić information content (AvgIpc) is 3.00. The van der Waals surface area contributed by atoms with Gasteiger partial charge in [-0.2, -0.15) is 0 Å². The molecule has 0 aromatic heterocycles. The van der Waals surface area contributed by atoms with Gasteiger partial charge in [-0.25, -0.2) is 0 Å². The van der Waals surface area contributed by atoms with Crippen LogP contribution in [0.3, 0.4) is 0 Å². The first-order valence-electron chi connectivity index (χ1n) is 12.8. The van der Waals surface area contributed by atoms with Gasteiger partial charge in [-0.3, -0.25) is 4.79 Å². The first kappa shape index (κ1) is 24.0. The van der Waals surface area contributed by atoms with Gasteiger partial charge in [0.05, 0.1) is 12.3 Å². The van der Waals surface area contributed by atoms with Crippen molar-refractivity contribution < 1.29 is 23.9 Å². The number of phenols is 1. The Hall–Kier alpha value is -1.74. The predicted octanol–water partition coefficient (Wildman–Crippen LogP) is 5.98. The molecule has 1 aromatic rings. The Labute approximate surface area is 203 Å². The molecule has 1 unspecified atom stereocenters. The SMILES string of the molecule is CC(C)(C)OC(=O)CCc1cc(O)c2c3c1C[C@H]1CCCC[C@]34C1C=C[C@@](C)(P(C)(C)=O)[C@@H]4O2. The second-order valence-corrected chi connectivity index (χ2v) is 16.2. The zero-order valence-electron chi connectivity index (χ0n) is 21.4. The van der Waals surface area contributed by atoms with E-state index >= 15 is 0 Å². The molecule has 5 rings (SSSR count). The van der Waals surface area contributed by atoms with Crippen LogP contribution < -0.4 is 4.74 Å². The number of esters is 1. The summed E-state index contributed by atoms with van der Waals surface area (Å²) >= 11 is 0. The molecule has 0 amide bonds. The Morgan fingerprint density at radius 2 is 2.03 bits per heavy atom. The number of carbonyl (C=O) groups excluding carboxylic acids is 1. The number of carbonyl (C=O) groups is 1. The fourth-order valence-corrected chi connectivity index (χ4v) is 8.58. The van der Waals surface area contributed by atoms with E-state index in [1.807, 2.05) is 34.1 Å². The summed E-state index contributed by atoms with van der Waals surface area (Å²) in [7, 11) is -2.56. The van der Waals surface area contributed by atoms with E-state index in [4.69, 9.17) is 9.47 Å². The van der Waals surface area contributed by atoms with Crippen LogP contribution in [0.4, 0.5) is 0 Å². The molecule has 5 nitrogen and oxygen atoms in total. The fourth-order valence-electron chi connectivity index (χ4n) is 7.29. The van der Waals surface area contributed by atoms with Gasteiger partial charge in [-0.1, -0.05) is 25.0 Å². The van der Waals surface area contributed by atoms with Crippen LogP contribution in [0, 0.1) is 11.8 Å². The zero-order chi connectivity index (χ0) is 24.7. The number of aromatic hydroxyl groups is 1. The van der Waals surface area contributed by atoms with Gasteiger partial charge in [0.25, 0.3) is 0 Å². The summed E-state index contributed by atoms with van der Waals surface area (Å²) in [4.78, 5) is 12.5. The van der Waals surface area contributed by atoms with Crippen LogP contribution in [0.5, 0.6) is 11.5 Å². The average molecular weight is 487 g/mol. The molecule has 1 saturated carbocycles. The molecule has 2 bridgehead atoms. The quantitative estimate of drug-likeness (QED) is 0.322. The van der Waals surface area contributed by atoms with E-state index in [1.54, 1.807) is 6.07 Å². The van der Waals surface area contributed by atoms with Crippen LogP contribution >= 0.6 is 7.14 Å². The molecular formula is C28H39O5P. The summed E-state index contributed by atoms with van der Waals surface area (Å²) < 4.78 is 25.9. The van der Waals surface area contributed by atoms with Crippen LogP contribution in [-0.4, -0.2) is 41.3 Å². The predicted molar refractivity (Wildman–Crippen MR) is 135 cm³/mol. The monoisotopic (exact) mass is 486 g/mol. The van der Waals surface area contributed by atoms with Crippen molar-refractivity contribution in [1.82, 2.24) is 0 Å². The van der Waals surface area contributed by atoms with Crippen LogP contribution in [0.2, 0.25) is 0 Å². The standard InChI is InChI=1S/C28H39O5P/c1-26(2,3)33-22(30)11-10-17-16-21(29)24-23-19(17)15-18-9-7-8-13-28(23)20(18)12-14-27(4,25(28)32-24)34(5,6)31/h12,14,16,18,20,25,29H,7-11,13,15H2,1-6H3/t18-,20?,25+,27-,28+/m1/s1. The molecule has 186 valence electrons. The third-order valence-corrected chi connectivity index (χ3v) is 11.7. The maximum Gasteiger partial charge on any atom is 0.306 e. The lowest BCUT2D eigenvalue weighted by Crippen LogP contribution is -2.60. The van der Waals surface area contributed by atoms with E-state index in [2.05, 4.69) is 19.1 Å². The number of ether oxygens (including phenoxy) is 2. The summed E-state index contributed by atoms with van der Waals surface area (Å²) in [6.45, 7) is 11.5. The lowest BCUT2D eigenvalue weighted by Gasteiger charge is -2.54. The third kappa shape index (κ3) is 3.40. The van der Waals surface area contributed by atoms with Crippen molar-refractivity contribution >= 4 is 13.1 Å². The molecule has 1 aliphatic heterocycles. The molecule has 0 radical (unpaired) electrons. The Kier molecular flexibility index (Phi) is 5.38. The minimum absolute atomic E-state index is 0.146. The molecule has 1 N–H and O–H groups in total. The highest BCUT2D eigenvalue weighted by Crippen LogP contribution is 2.70. The minimum Gasteiger partial charge on any atom is -0.504 e. The fraction of sp³-hybridized carbons (Fsp3) is 0.679. The topological polar surface area (TPSA) is 72.8 Å². The Balaban J connectivity index is 1.63. The van der Waals surface area contributed by atoms with E-state index in [1.165, 1.54) is 12.0 Å². The highest BCUT2D eigenvalue weighted by molar-refractivity contribution is 7.64. The van der Waals surface area contributed by atoms with Crippen molar-refractivity contribution in [3.05, 3.63) is 34.9 Å². The number of aryl methyl sites for hydroxylation is 1. The maximum absolute atomic E-state index is 13.6. The van der Waals surface area contributed by atoms with Gasteiger partial charge in [0.1, 0.15) is 11.7 Å². The van der Waals surface area contributed by atoms with Crippen molar-refractivity contribution in [2.24, 2.45) is 11.8 Å². The summed E-state index contributed by atoms with van der Waals surface area (Å²) in [6, 6.07) is 1.81. The Bertz CT molecular complexity index is 1110. The number of benzene rings is 1. The molecule has 0 saturated heterocycles. The highest BCUT2D eigenvalue weighted by atomic mass is 31.2. The van der Waals surface area contributed by atoms with E-state index in [0.29, 0.717) is 24.0 Å².